The minimum Gasteiger partial charge on any atom is -0.467 e. The Morgan fingerprint density at radius 2 is 2.08 bits per heavy atom. The van der Waals surface area contributed by atoms with Gasteiger partial charge in [-0.25, -0.2) is 15.0 Å². The van der Waals surface area contributed by atoms with Crippen molar-refractivity contribution in [2.75, 3.05) is 5.32 Å². The van der Waals surface area contributed by atoms with Crippen LogP contribution in [-0.4, -0.2) is 27.1 Å². The molecule has 2 aromatic heterocycles. The van der Waals surface area contributed by atoms with Crippen molar-refractivity contribution in [2.45, 2.75) is 39.3 Å². The standard InChI is InChI=1S/C16H20N6OS/c1-10-8-11(2)19-15(18-10)21-14(17-9-13-4-3-7-23-13)22-16(24)20-12-5-6-12/h3-4,7-8,12H,5-6,9H2,1-2H3,(H3,17,18,19,20,21,22,24). The molecular formula is C16H20N6OS. The molecule has 0 unspecified atom stereocenters. The van der Waals surface area contributed by atoms with E-state index in [0.717, 1.165) is 30.0 Å². The van der Waals surface area contributed by atoms with Crippen molar-refractivity contribution >= 4 is 29.2 Å². The van der Waals surface area contributed by atoms with Gasteiger partial charge in [-0.2, -0.15) is 0 Å². The normalized spacial score (nSPS) is 14.3. The third-order valence-electron chi connectivity index (χ3n) is 3.33. The van der Waals surface area contributed by atoms with Crippen molar-refractivity contribution in [1.29, 1.82) is 0 Å². The molecule has 0 atom stereocenters. The Hall–Kier alpha value is -2.48. The number of guanidine groups is 1. The van der Waals surface area contributed by atoms with Crippen LogP contribution >= 0.6 is 12.2 Å². The Kier molecular flexibility index (Phi) is 5.05. The average Bonchev–Trinajstić information content (AvgIpc) is 3.15. The van der Waals surface area contributed by atoms with Crippen LogP contribution in [0.3, 0.4) is 0 Å². The molecule has 0 saturated heterocycles. The van der Waals surface area contributed by atoms with Gasteiger partial charge in [0.15, 0.2) is 5.11 Å². The highest BCUT2D eigenvalue weighted by Crippen LogP contribution is 2.18. The summed E-state index contributed by atoms with van der Waals surface area (Å²) in [6.45, 7) is 4.23. The Bertz CT molecular complexity index is 719. The summed E-state index contributed by atoms with van der Waals surface area (Å²) in [6, 6.07) is 6.08. The molecule has 1 fully saturated rings. The van der Waals surface area contributed by atoms with Crippen LogP contribution in [0.25, 0.3) is 0 Å². The molecule has 1 aliphatic carbocycles. The third kappa shape index (κ3) is 5.02. The Labute approximate surface area is 146 Å². The summed E-state index contributed by atoms with van der Waals surface area (Å²) in [4.78, 5) is 13.2. The molecular weight excluding hydrogens is 324 g/mol. The van der Waals surface area contributed by atoms with E-state index in [-0.39, 0.29) is 0 Å². The number of aromatic nitrogens is 2. The van der Waals surface area contributed by atoms with Crippen molar-refractivity contribution in [3.05, 3.63) is 41.6 Å². The van der Waals surface area contributed by atoms with E-state index in [2.05, 4.69) is 30.9 Å². The van der Waals surface area contributed by atoms with Gasteiger partial charge >= 0.3 is 0 Å². The van der Waals surface area contributed by atoms with Gasteiger partial charge in [0.2, 0.25) is 11.9 Å². The first-order chi connectivity index (χ1) is 11.6. The van der Waals surface area contributed by atoms with Crippen molar-refractivity contribution in [3.8, 4) is 0 Å². The molecule has 3 rings (SSSR count). The second-order valence-corrected chi connectivity index (χ2v) is 6.12. The van der Waals surface area contributed by atoms with Crippen molar-refractivity contribution < 1.29 is 4.42 Å². The number of aliphatic imine (C=N–C) groups is 1. The van der Waals surface area contributed by atoms with E-state index >= 15 is 0 Å². The fourth-order valence-corrected chi connectivity index (χ4v) is 2.38. The van der Waals surface area contributed by atoms with Gasteiger partial charge in [-0.3, -0.25) is 5.32 Å². The van der Waals surface area contributed by atoms with Crippen LogP contribution < -0.4 is 16.0 Å². The molecule has 0 radical (unpaired) electrons. The summed E-state index contributed by atoms with van der Waals surface area (Å²) in [7, 11) is 0. The zero-order valence-corrected chi connectivity index (χ0v) is 14.5. The van der Waals surface area contributed by atoms with Gasteiger partial charge in [0, 0.05) is 17.4 Å². The predicted octanol–water partition coefficient (Wildman–Crippen LogP) is 2.28. The van der Waals surface area contributed by atoms with Crippen LogP contribution in [0.2, 0.25) is 0 Å². The van der Waals surface area contributed by atoms with Crippen molar-refractivity contribution in [2.24, 2.45) is 4.99 Å². The van der Waals surface area contributed by atoms with E-state index in [1.54, 1.807) is 6.26 Å². The number of thiocarbonyl (C=S) groups is 1. The van der Waals surface area contributed by atoms with E-state index in [4.69, 9.17) is 16.6 Å². The van der Waals surface area contributed by atoms with Crippen LogP contribution in [-0.2, 0) is 6.54 Å². The molecule has 0 aromatic carbocycles. The molecule has 24 heavy (non-hydrogen) atoms. The van der Waals surface area contributed by atoms with Crippen molar-refractivity contribution in [3.63, 3.8) is 0 Å². The molecule has 1 saturated carbocycles. The number of rotatable bonds is 4. The Morgan fingerprint density at radius 1 is 1.33 bits per heavy atom. The maximum absolute atomic E-state index is 5.32. The first-order valence-electron chi connectivity index (χ1n) is 7.82. The third-order valence-corrected chi connectivity index (χ3v) is 3.55. The highest BCUT2D eigenvalue weighted by molar-refractivity contribution is 7.80. The van der Waals surface area contributed by atoms with Crippen LogP contribution in [0.1, 0.15) is 30.0 Å². The first kappa shape index (κ1) is 16.4. The summed E-state index contributed by atoms with van der Waals surface area (Å²) < 4.78 is 5.31. The predicted molar refractivity (Wildman–Crippen MR) is 96.9 cm³/mol. The van der Waals surface area contributed by atoms with E-state index in [9.17, 15) is 0 Å². The zero-order chi connectivity index (χ0) is 16.9. The molecule has 1 aliphatic rings. The van der Waals surface area contributed by atoms with Gasteiger partial charge < -0.3 is 15.1 Å². The number of furan rings is 1. The lowest BCUT2D eigenvalue weighted by Gasteiger charge is -2.13. The molecule has 126 valence electrons. The summed E-state index contributed by atoms with van der Waals surface area (Å²) in [5.74, 6) is 1.72. The van der Waals surface area contributed by atoms with E-state index < -0.39 is 0 Å². The first-order valence-corrected chi connectivity index (χ1v) is 8.23. The number of hydrogen-bond acceptors (Lipinski definition) is 5. The molecule has 0 amide bonds. The fourth-order valence-electron chi connectivity index (χ4n) is 2.11. The van der Waals surface area contributed by atoms with Gasteiger partial charge in [-0.05, 0) is 57.1 Å². The maximum atomic E-state index is 5.32. The number of anilines is 1. The second kappa shape index (κ2) is 7.39. The van der Waals surface area contributed by atoms with E-state index in [1.165, 1.54) is 0 Å². The molecule has 0 aliphatic heterocycles. The SMILES string of the molecule is Cc1cc(C)nc(NC(=NCc2ccco2)NC(=S)NC2CC2)n1. The summed E-state index contributed by atoms with van der Waals surface area (Å²) in [5, 5.41) is 9.93. The van der Waals surface area contributed by atoms with Gasteiger partial charge in [0.05, 0.1) is 6.26 Å². The monoisotopic (exact) mass is 344 g/mol. The topological polar surface area (TPSA) is 87.4 Å². The number of nitrogens with zero attached hydrogens (tertiary/aromatic N) is 3. The Balaban J connectivity index is 1.71. The fraction of sp³-hybridized carbons (Fsp3) is 0.375. The maximum Gasteiger partial charge on any atom is 0.229 e. The molecule has 2 heterocycles. The number of hydrogen-bond donors (Lipinski definition) is 3. The van der Waals surface area contributed by atoms with Gasteiger partial charge in [0.25, 0.3) is 0 Å². The molecule has 0 spiro atoms. The van der Waals surface area contributed by atoms with Crippen molar-refractivity contribution in [1.82, 2.24) is 20.6 Å². The number of nitrogens with one attached hydrogen (secondary N) is 3. The summed E-state index contributed by atoms with van der Waals surface area (Å²) in [6.07, 6.45) is 3.92. The lowest BCUT2D eigenvalue weighted by atomic mass is 10.4. The number of aryl methyl sites for hydroxylation is 2. The van der Waals surface area contributed by atoms with Gasteiger partial charge in [0.1, 0.15) is 12.3 Å². The highest BCUT2D eigenvalue weighted by atomic mass is 32.1. The zero-order valence-electron chi connectivity index (χ0n) is 13.7. The molecule has 0 bridgehead atoms. The Morgan fingerprint density at radius 3 is 2.71 bits per heavy atom. The van der Waals surface area contributed by atoms with E-state index in [0.29, 0.717) is 29.6 Å². The summed E-state index contributed by atoms with van der Waals surface area (Å²) >= 11 is 5.32. The van der Waals surface area contributed by atoms with Gasteiger partial charge in [-0.15, -0.1) is 0 Å². The smallest absolute Gasteiger partial charge is 0.229 e. The highest BCUT2D eigenvalue weighted by Gasteiger charge is 2.22. The lowest BCUT2D eigenvalue weighted by Crippen LogP contribution is -2.43. The second-order valence-electron chi connectivity index (χ2n) is 5.72. The van der Waals surface area contributed by atoms with Crippen LogP contribution in [0.15, 0.2) is 33.9 Å². The van der Waals surface area contributed by atoms with E-state index in [1.807, 2.05) is 32.0 Å². The van der Waals surface area contributed by atoms with Gasteiger partial charge in [-0.1, -0.05) is 0 Å². The minimum atomic E-state index is 0.388. The molecule has 3 N–H and O–H groups in total. The van der Waals surface area contributed by atoms with Crippen LogP contribution in [0.4, 0.5) is 5.95 Å². The molecule has 7 nitrogen and oxygen atoms in total. The summed E-state index contributed by atoms with van der Waals surface area (Å²) in [5.41, 5.74) is 1.77. The minimum absolute atomic E-state index is 0.388. The molecule has 8 heteroatoms. The van der Waals surface area contributed by atoms with Crippen LogP contribution in [0.5, 0.6) is 0 Å². The average molecular weight is 344 g/mol. The van der Waals surface area contributed by atoms with Crippen LogP contribution in [0, 0.1) is 13.8 Å². The quantitative estimate of drug-likeness (QED) is 0.445. The lowest BCUT2D eigenvalue weighted by molar-refractivity contribution is 0.512. The molecule has 2 aromatic rings. The largest absolute Gasteiger partial charge is 0.467 e.